The number of aromatic amines is 1. The van der Waals surface area contributed by atoms with Gasteiger partial charge in [-0.2, -0.15) is 5.21 Å². The van der Waals surface area contributed by atoms with E-state index < -0.39 is 10.0 Å². The van der Waals surface area contributed by atoms with Gasteiger partial charge in [-0.15, -0.1) is 10.2 Å². The fourth-order valence-electron chi connectivity index (χ4n) is 1.58. The van der Waals surface area contributed by atoms with Crippen molar-refractivity contribution in [3.8, 4) is 0 Å². The van der Waals surface area contributed by atoms with Crippen LogP contribution in [0.4, 0.5) is 0 Å². The largest absolute Gasteiger partial charge is 0.352 e. The van der Waals surface area contributed by atoms with Crippen molar-refractivity contribution in [3.05, 3.63) is 23.8 Å². The van der Waals surface area contributed by atoms with Crippen molar-refractivity contribution >= 4 is 10.0 Å². The molecule has 10 heteroatoms. The first-order valence-corrected chi connectivity index (χ1v) is 7.03. The third-order valence-corrected chi connectivity index (χ3v) is 3.93. The average molecular weight is 285 g/mol. The first-order chi connectivity index (χ1) is 9.03. The van der Waals surface area contributed by atoms with Crippen molar-refractivity contribution in [1.29, 1.82) is 0 Å². The second kappa shape index (κ2) is 5.47. The lowest BCUT2D eigenvalue weighted by Gasteiger charge is -2.01. The molecule has 19 heavy (non-hydrogen) atoms. The number of aryl methyl sites for hydroxylation is 1. The first kappa shape index (κ1) is 13.6. The predicted octanol–water partition coefficient (Wildman–Crippen LogP) is -1.26. The van der Waals surface area contributed by atoms with E-state index in [9.17, 15) is 8.42 Å². The Morgan fingerprint density at radius 2 is 2.21 bits per heavy atom. The number of nitrogens with one attached hydrogen (secondary N) is 3. The number of H-pyrrole nitrogens is 1. The van der Waals surface area contributed by atoms with E-state index in [1.807, 2.05) is 0 Å². The van der Waals surface area contributed by atoms with E-state index in [2.05, 4.69) is 30.7 Å². The standard InChI is InChI=1S/C9H15N7O2S/c1-10-4-7-3-8(6-16(7)2)19(17,18)11-5-9-12-14-15-13-9/h3,6,10-11H,4-5H2,1-2H3,(H,12,13,14,15). The van der Waals surface area contributed by atoms with Crippen LogP contribution >= 0.6 is 0 Å². The van der Waals surface area contributed by atoms with Crippen LogP contribution < -0.4 is 10.0 Å². The maximum Gasteiger partial charge on any atom is 0.242 e. The normalized spacial score (nSPS) is 11.9. The number of rotatable bonds is 6. The molecule has 3 N–H and O–H groups in total. The van der Waals surface area contributed by atoms with Gasteiger partial charge < -0.3 is 9.88 Å². The molecular weight excluding hydrogens is 270 g/mol. The number of sulfonamides is 1. The summed E-state index contributed by atoms with van der Waals surface area (Å²) in [6.07, 6.45) is 1.56. The van der Waals surface area contributed by atoms with Crippen LogP contribution in [0, 0.1) is 0 Å². The minimum Gasteiger partial charge on any atom is -0.352 e. The molecule has 0 spiro atoms. The summed E-state index contributed by atoms with van der Waals surface area (Å²) in [6.45, 7) is 0.589. The topological polar surface area (TPSA) is 118 Å². The van der Waals surface area contributed by atoms with Crippen LogP contribution in [0.2, 0.25) is 0 Å². The van der Waals surface area contributed by atoms with Crippen LogP contribution in [-0.2, 0) is 30.2 Å². The van der Waals surface area contributed by atoms with Crippen molar-refractivity contribution in [2.75, 3.05) is 7.05 Å². The molecule has 0 amide bonds. The van der Waals surface area contributed by atoms with E-state index in [1.54, 1.807) is 30.9 Å². The molecule has 2 aromatic heterocycles. The molecule has 0 aliphatic heterocycles. The Balaban J connectivity index is 2.12. The van der Waals surface area contributed by atoms with Crippen LogP contribution in [-0.4, -0.2) is 40.7 Å². The minimum absolute atomic E-state index is 0.00487. The number of hydrogen-bond acceptors (Lipinski definition) is 6. The zero-order chi connectivity index (χ0) is 13.9. The molecule has 104 valence electrons. The second-order valence-electron chi connectivity index (χ2n) is 3.96. The minimum atomic E-state index is -3.58. The van der Waals surface area contributed by atoms with Crippen molar-refractivity contribution in [2.45, 2.75) is 18.0 Å². The Kier molecular flexibility index (Phi) is 3.93. The Hall–Kier alpha value is -1.78. The first-order valence-electron chi connectivity index (χ1n) is 5.55. The van der Waals surface area contributed by atoms with Gasteiger partial charge in [0.25, 0.3) is 0 Å². The van der Waals surface area contributed by atoms with Gasteiger partial charge in [-0.3, -0.25) is 0 Å². The third kappa shape index (κ3) is 3.16. The molecule has 0 saturated carbocycles. The zero-order valence-electron chi connectivity index (χ0n) is 10.6. The molecule has 0 atom stereocenters. The van der Waals surface area contributed by atoms with E-state index in [-0.39, 0.29) is 17.3 Å². The summed E-state index contributed by atoms with van der Waals surface area (Å²) in [5.41, 5.74) is 0.877. The van der Waals surface area contributed by atoms with E-state index in [0.717, 1.165) is 5.69 Å². The maximum absolute atomic E-state index is 12.1. The summed E-state index contributed by atoms with van der Waals surface area (Å²) in [5, 5.41) is 15.9. The highest BCUT2D eigenvalue weighted by Gasteiger charge is 2.17. The predicted molar refractivity (Wildman–Crippen MR) is 66.4 cm³/mol. The van der Waals surface area contributed by atoms with Gasteiger partial charge in [0, 0.05) is 25.5 Å². The Bertz CT molecular complexity index is 632. The SMILES string of the molecule is CNCc1cc(S(=O)(=O)NCc2nn[nH]n2)cn1C. The van der Waals surface area contributed by atoms with Crippen LogP contribution in [0.25, 0.3) is 0 Å². The lowest BCUT2D eigenvalue weighted by Crippen LogP contribution is -2.23. The number of hydrogen-bond donors (Lipinski definition) is 3. The molecule has 2 aromatic rings. The maximum atomic E-state index is 12.1. The average Bonchev–Trinajstić information content (AvgIpc) is 2.98. The Labute approximate surface area is 110 Å². The van der Waals surface area contributed by atoms with Crippen LogP contribution in [0.3, 0.4) is 0 Å². The highest BCUT2D eigenvalue weighted by molar-refractivity contribution is 7.89. The lowest BCUT2D eigenvalue weighted by molar-refractivity contribution is 0.579. The molecule has 0 unspecified atom stereocenters. The number of tetrazole rings is 1. The highest BCUT2D eigenvalue weighted by Crippen LogP contribution is 2.13. The van der Waals surface area contributed by atoms with E-state index >= 15 is 0 Å². The third-order valence-electron chi connectivity index (χ3n) is 2.56. The molecule has 0 saturated heterocycles. The monoisotopic (exact) mass is 285 g/mol. The molecule has 0 radical (unpaired) electrons. The van der Waals surface area contributed by atoms with E-state index in [4.69, 9.17) is 0 Å². The van der Waals surface area contributed by atoms with Crippen molar-refractivity contribution in [3.63, 3.8) is 0 Å². The van der Waals surface area contributed by atoms with Crippen molar-refractivity contribution in [1.82, 2.24) is 35.2 Å². The van der Waals surface area contributed by atoms with Gasteiger partial charge in [0.05, 0.1) is 11.4 Å². The molecule has 0 bridgehead atoms. The van der Waals surface area contributed by atoms with Gasteiger partial charge in [0.1, 0.15) is 0 Å². The quantitative estimate of drug-likeness (QED) is 0.609. The second-order valence-corrected chi connectivity index (χ2v) is 5.73. The van der Waals surface area contributed by atoms with Gasteiger partial charge >= 0.3 is 0 Å². The molecule has 0 fully saturated rings. The molecular formula is C9H15N7O2S. The molecule has 0 aliphatic rings. The van der Waals surface area contributed by atoms with Gasteiger partial charge in [-0.25, -0.2) is 13.1 Å². The molecule has 2 heterocycles. The molecule has 9 nitrogen and oxygen atoms in total. The van der Waals surface area contributed by atoms with Crippen molar-refractivity contribution in [2.24, 2.45) is 7.05 Å². The zero-order valence-corrected chi connectivity index (χ0v) is 11.4. The molecule has 0 aliphatic carbocycles. The number of aromatic nitrogens is 5. The summed E-state index contributed by atoms with van der Waals surface area (Å²) < 4.78 is 28.3. The van der Waals surface area contributed by atoms with Gasteiger partial charge in [0.15, 0.2) is 5.82 Å². The fraction of sp³-hybridized carbons (Fsp3) is 0.444. The smallest absolute Gasteiger partial charge is 0.242 e. The van der Waals surface area contributed by atoms with Gasteiger partial charge in [-0.05, 0) is 13.1 Å². The fourth-order valence-corrected chi connectivity index (χ4v) is 2.66. The lowest BCUT2D eigenvalue weighted by atomic mass is 10.4. The molecule has 0 aromatic carbocycles. The summed E-state index contributed by atoms with van der Waals surface area (Å²) in [6, 6.07) is 1.62. The summed E-state index contributed by atoms with van der Waals surface area (Å²) in [5.74, 6) is 0.287. The van der Waals surface area contributed by atoms with Crippen LogP contribution in [0.1, 0.15) is 11.5 Å². The highest BCUT2D eigenvalue weighted by atomic mass is 32.2. The van der Waals surface area contributed by atoms with Crippen LogP contribution in [0.5, 0.6) is 0 Å². The summed E-state index contributed by atoms with van der Waals surface area (Å²) in [4.78, 5) is 0.212. The Morgan fingerprint density at radius 3 is 2.84 bits per heavy atom. The Morgan fingerprint density at radius 1 is 1.42 bits per heavy atom. The summed E-state index contributed by atoms with van der Waals surface area (Å²) >= 11 is 0. The number of nitrogens with zero attached hydrogens (tertiary/aromatic N) is 4. The van der Waals surface area contributed by atoms with Gasteiger partial charge in [-0.1, -0.05) is 5.21 Å². The van der Waals surface area contributed by atoms with E-state index in [0.29, 0.717) is 6.54 Å². The van der Waals surface area contributed by atoms with Crippen LogP contribution in [0.15, 0.2) is 17.2 Å². The van der Waals surface area contributed by atoms with Gasteiger partial charge in [0.2, 0.25) is 10.0 Å². The van der Waals surface area contributed by atoms with E-state index in [1.165, 1.54) is 0 Å². The molecule has 2 rings (SSSR count). The summed E-state index contributed by atoms with van der Waals surface area (Å²) in [7, 11) is 0.0211. The van der Waals surface area contributed by atoms with Crippen molar-refractivity contribution < 1.29 is 8.42 Å².